The largest absolute Gasteiger partial charge is 0.761 e. The van der Waals surface area contributed by atoms with Crippen LogP contribution in [0.4, 0.5) is 0 Å². The molecule has 0 bridgehead atoms. The van der Waals surface area contributed by atoms with Gasteiger partial charge < -0.3 is 33.3 Å². The number of rotatable bonds is 1. The van der Waals surface area contributed by atoms with Crippen LogP contribution in [0.25, 0.3) is 0 Å². The molecule has 26 heavy (non-hydrogen) atoms. The number of quaternary nitrogens is 1. The number of hydrogen-bond donors (Lipinski definition) is 3. The van der Waals surface area contributed by atoms with Crippen molar-refractivity contribution in [3.05, 3.63) is 55.4 Å². The lowest BCUT2D eigenvalue weighted by molar-refractivity contribution is -0.888. The number of nitrogens with one attached hydrogen (secondary N) is 2. The van der Waals surface area contributed by atoms with Gasteiger partial charge in [-0.1, -0.05) is 23.2 Å². The number of likely N-dealkylation sites (N-methyl/N-ethyl adjacent to an activating group) is 1. The van der Waals surface area contributed by atoms with Crippen LogP contribution in [0, 0.1) is 26.2 Å². The maximum absolute atomic E-state index is 9.29. The van der Waals surface area contributed by atoms with E-state index < -0.39 is 5.92 Å². The number of halogens is 1. The molecule has 6 nitrogen and oxygen atoms in total. The van der Waals surface area contributed by atoms with Gasteiger partial charge >= 0.3 is 0 Å². The summed E-state index contributed by atoms with van der Waals surface area (Å²) in [5.74, 6) is -0.270. The summed E-state index contributed by atoms with van der Waals surface area (Å²) in [6.07, 6.45) is 0. The first-order valence-electron chi connectivity index (χ1n) is 8.11. The molecule has 1 aromatic carbocycles. The summed E-state index contributed by atoms with van der Waals surface area (Å²) in [6, 6.07) is 11.7. The molecule has 1 unspecified atom stereocenters. The number of benzene rings is 1. The van der Waals surface area contributed by atoms with Gasteiger partial charge in [0.15, 0.2) is 0 Å². The van der Waals surface area contributed by atoms with Gasteiger partial charge in [0, 0.05) is 9.14 Å². The maximum Gasteiger partial charge on any atom is 0.114 e. The molecule has 0 aromatic heterocycles. The molecule has 1 atom stereocenters. The van der Waals surface area contributed by atoms with Crippen LogP contribution in [0.5, 0.6) is 0 Å². The number of dihydropyridines is 1. The molecule has 2 heterocycles. The highest BCUT2D eigenvalue weighted by atomic mass is 127. The topological polar surface area (TPSA) is 99.3 Å². The molecular weight excluding hydrogens is 461 g/mol. The molecule has 1 aromatic rings. The molecule has 0 spiro atoms. The van der Waals surface area contributed by atoms with Crippen LogP contribution in [0.15, 0.2) is 46.3 Å². The Bertz CT molecular complexity index is 767. The van der Waals surface area contributed by atoms with Crippen LogP contribution in [-0.4, -0.2) is 33.4 Å². The van der Waals surface area contributed by atoms with Crippen molar-refractivity contribution in [3.8, 4) is 12.1 Å². The Balaban J connectivity index is 0.000000290. The first-order valence-corrected chi connectivity index (χ1v) is 9.59. The first-order chi connectivity index (χ1) is 12.5. The minimum Gasteiger partial charge on any atom is -0.761 e. The zero-order valence-corrected chi connectivity index (χ0v) is 17.4. The van der Waals surface area contributed by atoms with Gasteiger partial charge in [-0.3, -0.25) is 0 Å². The SMILES string of the molecule is C[NH+]1CCOCC1.N#CC1=C(N)NC([S-])=C(C#N)C1c1ccccc1I. The molecule has 0 radical (unpaired) electrons. The Kier molecular flexibility index (Phi) is 7.66. The second-order valence-corrected chi connectivity index (χ2v) is 7.51. The fourth-order valence-corrected chi connectivity index (χ4v) is 3.64. The van der Waals surface area contributed by atoms with Gasteiger partial charge in [0.25, 0.3) is 0 Å². The number of allylic oxidation sites excluding steroid dienone is 2. The summed E-state index contributed by atoms with van der Waals surface area (Å²) in [7, 11) is 2.20. The van der Waals surface area contributed by atoms with Gasteiger partial charge in [-0.05, 0) is 34.2 Å². The molecule has 2 aliphatic heterocycles. The summed E-state index contributed by atoms with van der Waals surface area (Å²) < 4.78 is 6.08. The van der Waals surface area contributed by atoms with Crippen LogP contribution >= 0.6 is 22.6 Å². The van der Waals surface area contributed by atoms with Gasteiger partial charge in [-0.25, -0.2) is 0 Å². The van der Waals surface area contributed by atoms with E-state index in [2.05, 4.69) is 47.1 Å². The fourth-order valence-electron chi connectivity index (χ4n) is 2.67. The molecule has 3 rings (SSSR count). The Morgan fingerprint density at radius 1 is 1.23 bits per heavy atom. The predicted octanol–water partition coefficient (Wildman–Crippen LogP) is 0.485. The molecule has 136 valence electrons. The van der Waals surface area contributed by atoms with E-state index in [4.69, 9.17) is 23.1 Å². The molecule has 1 saturated heterocycles. The monoisotopic (exact) mass is 481 g/mol. The second-order valence-electron chi connectivity index (χ2n) is 5.94. The third-order valence-corrected chi connectivity index (χ3v) is 5.47. The van der Waals surface area contributed by atoms with E-state index in [0.717, 1.165) is 22.3 Å². The second kappa shape index (κ2) is 9.74. The molecular formula is C18H20IN5OS. The highest BCUT2D eigenvalue weighted by Crippen LogP contribution is 2.37. The Labute approximate surface area is 172 Å². The number of nitrogens with zero attached hydrogens (tertiary/aromatic N) is 2. The van der Waals surface area contributed by atoms with Crippen molar-refractivity contribution in [2.75, 3.05) is 33.4 Å². The van der Waals surface area contributed by atoms with E-state index >= 15 is 0 Å². The van der Waals surface area contributed by atoms with Crippen LogP contribution in [0.3, 0.4) is 0 Å². The van der Waals surface area contributed by atoms with Gasteiger partial charge in [-0.15, -0.1) is 0 Å². The van der Waals surface area contributed by atoms with Crippen molar-refractivity contribution < 1.29 is 9.64 Å². The van der Waals surface area contributed by atoms with Crippen LogP contribution in [0.2, 0.25) is 0 Å². The third-order valence-electron chi connectivity index (χ3n) is 4.16. The summed E-state index contributed by atoms with van der Waals surface area (Å²) in [5, 5.41) is 21.6. The first kappa shape index (κ1) is 20.5. The smallest absolute Gasteiger partial charge is 0.114 e. The van der Waals surface area contributed by atoms with Crippen molar-refractivity contribution in [1.82, 2.24) is 5.32 Å². The zero-order valence-electron chi connectivity index (χ0n) is 14.4. The summed E-state index contributed by atoms with van der Waals surface area (Å²) in [4.78, 5) is 1.59. The zero-order chi connectivity index (χ0) is 19.1. The Morgan fingerprint density at radius 3 is 2.35 bits per heavy atom. The number of hydrogen-bond acceptors (Lipinski definition) is 6. The van der Waals surface area contributed by atoms with Crippen molar-refractivity contribution in [2.45, 2.75) is 5.92 Å². The Morgan fingerprint density at radius 2 is 1.85 bits per heavy atom. The van der Waals surface area contributed by atoms with Crippen molar-refractivity contribution in [2.24, 2.45) is 5.73 Å². The lowest BCUT2D eigenvalue weighted by Crippen LogP contribution is -3.11. The minimum atomic E-state index is -0.489. The molecule has 0 saturated carbocycles. The third kappa shape index (κ3) is 4.86. The van der Waals surface area contributed by atoms with E-state index in [1.54, 1.807) is 4.90 Å². The average Bonchev–Trinajstić information content (AvgIpc) is 2.63. The van der Waals surface area contributed by atoms with E-state index in [1.165, 1.54) is 13.1 Å². The quantitative estimate of drug-likeness (QED) is 0.399. The Hall–Kier alpha value is -1.85. The van der Waals surface area contributed by atoms with Crippen molar-refractivity contribution in [1.29, 1.82) is 10.5 Å². The van der Waals surface area contributed by atoms with Crippen molar-refractivity contribution >= 4 is 35.2 Å². The van der Waals surface area contributed by atoms with Crippen molar-refractivity contribution in [3.63, 3.8) is 0 Å². The van der Waals surface area contributed by atoms with Crippen LogP contribution in [-0.2, 0) is 17.4 Å². The maximum atomic E-state index is 9.29. The van der Waals surface area contributed by atoms with E-state index in [1.807, 2.05) is 24.3 Å². The minimum absolute atomic E-state index is 0.219. The van der Waals surface area contributed by atoms with E-state index in [-0.39, 0.29) is 10.9 Å². The predicted molar refractivity (Wildman–Crippen MR) is 109 cm³/mol. The van der Waals surface area contributed by atoms with Gasteiger partial charge in [0.05, 0.1) is 43.9 Å². The lowest BCUT2D eigenvalue weighted by atomic mass is 9.84. The highest BCUT2D eigenvalue weighted by molar-refractivity contribution is 14.1. The molecule has 1 fully saturated rings. The number of morpholine rings is 1. The lowest BCUT2D eigenvalue weighted by Gasteiger charge is -2.30. The van der Waals surface area contributed by atoms with E-state index in [9.17, 15) is 10.5 Å². The molecule has 2 aliphatic rings. The average molecular weight is 481 g/mol. The van der Waals surface area contributed by atoms with Gasteiger partial charge in [0.1, 0.15) is 18.9 Å². The number of nitriles is 2. The van der Waals surface area contributed by atoms with Crippen LogP contribution in [0.1, 0.15) is 11.5 Å². The molecule has 0 aliphatic carbocycles. The number of nitrogens with two attached hydrogens (primary N) is 1. The van der Waals surface area contributed by atoms with E-state index in [0.29, 0.717) is 11.1 Å². The van der Waals surface area contributed by atoms with Crippen LogP contribution < -0.4 is 16.0 Å². The molecule has 4 N–H and O–H groups in total. The summed E-state index contributed by atoms with van der Waals surface area (Å²) in [5.41, 5.74) is 7.35. The summed E-state index contributed by atoms with van der Waals surface area (Å²) >= 11 is 7.30. The standard InChI is InChI=1S/C13H9IN4S.C5H11NO/c14-10-4-2-1-3-7(10)11-8(5-15)12(17)18-13(19)9(11)6-16;1-6-2-4-7-5-3-6/h1-4,11,18-19H,17H2;2-5H2,1H3. The fraction of sp³-hybridized carbons (Fsp3) is 0.333. The normalized spacial score (nSPS) is 20.4. The van der Waals surface area contributed by atoms with Gasteiger partial charge in [-0.2, -0.15) is 10.5 Å². The molecule has 8 heteroatoms. The highest BCUT2D eigenvalue weighted by Gasteiger charge is 2.29. The van der Waals surface area contributed by atoms with Gasteiger partial charge in [0.2, 0.25) is 0 Å². The summed E-state index contributed by atoms with van der Waals surface area (Å²) in [6.45, 7) is 4.26. The number of ether oxygens (including phenoxy) is 1. The molecule has 0 amide bonds.